The summed E-state index contributed by atoms with van der Waals surface area (Å²) in [6, 6.07) is 0. The van der Waals surface area contributed by atoms with Crippen molar-refractivity contribution in [1.82, 2.24) is 5.31 Å². The van der Waals surface area contributed by atoms with E-state index in [0.29, 0.717) is 5.31 Å². The summed E-state index contributed by atoms with van der Waals surface area (Å²) in [6.07, 6.45) is -0.936. The Bertz CT molecular complexity index is 118. The molecule has 0 atom stereocenters. The maximum atomic E-state index is 10.4. The van der Waals surface area contributed by atoms with E-state index < -0.39 is 6.09 Å². The van der Waals surface area contributed by atoms with Gasteiger partial charge in [-0.25, -0.2) is 4.79 Å². The highest BCUT2D eigenvalue weighted by Gasteiger charge is 1.94. The average molecular weight is 121 g/mol. The normalized spacial score (nSPS) is 12.4. The summed E-state index contributed by atoms with van der Waals surface area (Å²) in [5.41, 5.74) is 0. The molecule has 3 heteroatoms. The van der Waals surface area contributed by atoms with Crippen LogP contribution in [-0.4, -0.2) is 17.7 Å². The Labute approximate surface area is 51.7 Å². The highest BCUT2D eigenvalue weighted by molar-refractivity contribution is 5.64. The molecule has 0 aromatic rings. The van der Waals surface area contributed by atoms with Crippen molar-refractivity contribution in [3.05, 3.63) is 0 Å². The van der Waals surface area contributed by atoms with Crippen molar-refractivity contribution >= 4 is 6.09 Å². The Morgan fingerprint density at radius 1 is 2.12 bits per heavy atom. The Balaban J connectivity index is 3.61. The number of carboxylic acid groups (broad SMARTS) is 1. The van der Waals surface area contributed by atoms with E-state index in [0.717, 1.165) is 0 Å². The summed E-state index contributed by atoms with van der Waals surface area (Å²) in [7, 11) is 0. The second-order valence-electron chi connectivity index (χ2n) is 2.00. The van der Waals surface area contributed by atoms with Crippen LogP contribution in [0.1, 0.15) is 13.8 Å². The molecule has 48 valence electrons. The summed E-state index contributed by atoms with van der Waals surface area (Å²) >= 11 is 0. The van der Waals surface area contributed by atoms with Crippen LogP contribution in [0.2, 0.25) is 1.41 Å². The number of nitrogens with one attached hydrogen (secondary N) is 1. The summed E-state index contributed by atoms with van der Waals surface area (Å²) in [4.78, 5) is 10.4. The summed E-state index contributed by atoms with van der Waals surface area (Å²) < 4.78 is 13.1. The average Bonchev–Trinajstić information content (AvgIpc) is 1.85. The molecule has 8 heavy (non-hydrogen) atoms. The Morgan fingerprint density at radius 2 is 2.75 bits per heavy atom. The van der Waals surface area contributed by atoms with Crippen LogP contribution in [0, 0.1) is 5.92 Å². The molecule has 0 aromatic carbocycles. The molecule has 1 amide bonds. The fraction of sp³-hybridized carbons (Fsp3) is 0.800. The molecule has 0 aliphatic rings. The molecule has 0 saturated carbocycles. The molecule has 0 rings (SSSR count). The molecular formula is C5H11NO2. The molecule has 0 unspecified atom stereocenters. The van der Waals surface area contributed by atoms with Crippen LogP contribution in [-0.2, 0) is 0 Å². The van der Waals surface area contributed by atoms with Crippen LogP contribution in [0.15, 0.2) is 0 Å². The van der Waals surface area contributed by atoms with Gasteiger partial charge in [0.1, 0.15) is 0 Å². The second-order valence-corrected chi connectivity index (χ2v) is 2.00. The summed E-state index contributed by atoms with van der Waals surface area (Å²) in [5, 5.41) is 4.19. The van der Waals surface area contributed by atoms with Gasteiger partial charge < -0.3 is 10.4 Å². The smallest absolute Gasteiger partial charge is 0.404 e. The summed E-state index contributed by atoms with van der Waals surface area (Å²) in [5.74, 6) is 0.219. The fourth-order valence-corrected chi connectivity index (χ4v) is 0.257. The van der Waals surface area contributed by atoms with Crippen molar-refractivity contribution in [2.24, 2.45) is 5.92 Å². The third-order valence-electron chi connectivity index (χ3n) is 0.586. The van der Waals surface area contributed by atoms with Crippen LogP contribution in [0.25, 0.3) is 1.43 Å². The monoisotopic (exact) mass is 121 g/mol. The van der Waals surface area contributed by atoms with E-state index in [1.165, 1.54) is 0 Å². The van der Waals surface area contributed by atoms with Crippen molar-refractivity contribution in [3.8, 4) is 0 Å². The molecule has 0 fully saturated rings. The van der Waals surface area contributed by atoms with Crippen LogP contribution in [0.3, 0.4) is 0 Å². The van der Waals surface area contributed by atoms with Gasteiger partial charge in [-0.15, -0.1) is 0 Å². The Kier molecular flexibility index (Phi) is 1.72. The van der Waals surface area contributed by atoms with Crippen molar-refractivity contribution in [1.29, 1.82) is 1.43 Å². The highest BCUT2D eigenvalue weighted by atomic mass is 16.4. The quantitative estimate of drug-likeness (QED) is 0.570. The Hall–Kier alpha value is -0.730. The first kappa shape index (κ1) is 4.18. The largest absolute Gasteiger partial charge is 0.465 e. The van der Waals surface area contributed by atoms with E-state index in [2.05, 4.69) is 5.11 Å². The van der Waals surface area contributed by atoms with Gasteiger partial charge in [0.15, 0.2) is 1.41 Å². The number of carbonyl (C=O) groups is 1. The lowest BCUT2D eigenvalue weighted by atomic mass is 10.2. The topological polar surface area (TPSA) is 49.3 Å². The SMILES string of the molecule is [3H]OC(=O)N([3H])CC(C)C. The highest BCUT2D eigenvalue weighted by Crippen LogP contribution is 1.85. The Morgan fingerprint density at radius 3 is 3.12 bits per heavy atom. The molecular weight excluding hydrogens is 106 g/mol. The lowest BCUT2D eigenvalue weighted by Gasteiger charge is -2.01. The number of hydrogen-bond acceptors (Lipinski definition) is 2. The molecule has 0 spiro atoms. The number of amides is 1. The number of rotatable bonds is 2. The van der Waals surface area contributed by atoms with E-state index in [1.54, 1.807) is 0 Å². The zero-order valence-corrected chi connectivity index (χ0v) is 5.05. The first-order valence-corrected chi connectivity index (χ1v) is 2.51. The van der Waals surface area contributed by atoms with Gasteiger partial charge in [0.2, 0.25) is 0 Å². The minimum Gasteiger partial charge on any atom is -0.465 e. The summed E-state index contributed by atoms with van der Waals surface area (Å²) in [6.45, 7) is 4.04. The molecule has 0 aliphatic heterocycles. The molecule has 2 N–H and O–H groups in total. The van der Waals surface area contributed by atoms with Gasteiger partial charge in [-0.2, -0.15) is 0 Å². The van der Waals surface area contributed by atoms with Gasteiger partial charge in [0, 0.05) is 6.54 Å². The molecule has 0 saturated heterocycles. The first-order valence-electron chi connectivity index (χ1n) is 3.37. The van der Waals surface area contributed by atoms with Gasteiger partial charge in [0.25, 0.3) is 1.43 Å². The third-order valence-corrected chi connectivity index (χ3v) is 0.586. The van der Waals surface area contributed by atoms with Crippen molar-refractivity contribution in [2.45, 2.75) is 13.8 Å². The van der Waals surface area contributed by atoms with Crippen molar-refractivity contribution in [3.63, 3.8) is 0 Å². The van der Waals surface area contributed by atoms with Crippen LogP contribution in [0.5, 0.6) is 0 Å². The minimum atomic E-state index is -0.936. The van der Waals surface area contributed by atoms with E-state index >= 15 is 0 Å². The minimum absolute atomic E-state index is 0.219. The predicted octanol–water partition coefficient (Wildman–Crippen LogP) is 0.910. The lowest BCUT2D eigenvalue weighted by Crippen LogP contribution is -2.24. The van der Waals surface area contributed by atoms with E-state index in [9.17, 15) is 4.79 Å². The van der Waals surface area contributed by atoms with Gasteiger partial charge in [-0.1, -0.05) is 13.8 Å². The van der Waals surface area contributed by atoms with E-state index in [4.69, 9.17) is 2.84 Å². The number of hydrogen-bond donors (Lipinski definition) is 2. The zero-order valence-electron chi connectivity index (χ0n) is 7.05. The molecule has 0 radical (unpaired) electrons. The van der Waals surface area contributed by atoms with Gasteiger partial charge in [-0.05, 0) is 5.92 Å². The van der Waals surface area contributed by atoms with Crippen molar-refractivity contribution < 1.29 is 11.3 Å². The molecule has 3 nitrogen and oxygen atoms in total. The fourth-order valence-electron chi connectivity index (χ4n) is 0.257. The predicted molar refractivity (Wildman–Crippen MR) is 30.9 cm³/mol. The maximum absolute atomic E-state index is 10.4. The van der Waals surface area contributed by atoms with Crippen LogP contribution >= 0.6 is 0 Å². The molecule has 0 aromatic heterocycles. The third kappa shape index (κ3) is 5.27. The van der Waals surface area contributed by atoms with Gasteiger partial charge >= 0.3 is 6.09 Å². The first-order chi connectivity index (χ1) is 4.57. The van der Waals surface area contributed by atoms with Gasteiger partial charge in [-0.3, -0.25) is 0 Å². The molecule has 0 heterocycles. The molecule has 0 aliphatic carbocycles. The van der Waals surface area contributed by atoms with Crippen molar-refractivity contribution in [2.75, 3.05) is 6.54 Å². The van der Waals surface area contributed by atoms with E-state index in [1.807, 2.05) is 13.8 Å². The van der Waals surface area contributed by atoms with E-state index in [-0.39, 0.29) is 12.5 Å². The lowest BCUT2D eigenvalue weighted by molar-refractivity contribution is 0.193. The maximum Gasteiger partial charge on any atom is 0.404 e. The van der Waals surface area contributed by atoms with Crippen LogP contribution < -0.4 is 5.31 Å². The molecule has 0 bridgehead atoms. The standard InChI is InChI=1S/C5H11NO2/c1-4(2)3-6-5(7)8/h4,6H,3H2,1-2H3,(H,7,8)/i/hT2. The second kappa shape index (κ2) is 3.29. The van der Waals surface area contributed by atoms with Gasteiger partial charge in [0.05, 0.1) is 0 Å². The van der Waals surface area contributed by atoms with Crippen LogP contribution in [0.4, 0.5) is 4.79 Å². The zero-order chi connectivity index (χ0) is 8.15.